The van der Waals surface area contributed by atoms with Gasteiger partial charge in [0, 0.05) is 41.5 Å². The number of nitrogens with one attached hydrogen (secondary N) is 2. The number of hydrogen-bond donors (Lipinski definition) is 2. The summed E-state index contributed by atoms with van der Waals surface area (Å²) in [6.45, 7) is 1.66. The van der Waals surface area contributed by atoms with E-state index in [0.717, 1.165) is 43.9 Å². The van der Waals surface area contributed by atoms with E-state index in [1.165, 1.54) is 28.8 Å². The second-order valence-corrected chi connectivity index (χ2v) is 12.4. The maximum atomic E-state index is 15.0. The van der Waals surface area contributed by atoms with Gasteiger partial charge in [-0.3, -0.25) is 14.1 Å². The van der Waals surface area contributed by atoms with E-state index in [0.29, 0.717) is 34.0 Å². The van der Waals surface area contributed by atoms with E-state index in [9.17, 15) is 17.6 Å². The molecular formula is C29H32F2N6O3S. The highest BCUT2D eigenvalue weighted by Gasteiger charge is 2.23. The minimum absolute atomic E-state index is 0.221. The molecule has 1 fully saturated rings. The number of anilines is 2. The van der Waals surface area contributed by atoms with Crippen LogP contribution < -0.4 is 15.6 Å². The van der Waals surface area contributed by atoms with E-state index in [4.69, 9.17) is 0 Å². The molecule has 41 heavy (non-hydrogen) atoms. The average Bonchev–Trinajstić information content (AvgIpc) is 2.93. The number of aromatic nitrogens is 3. The first-order valence-corrected chi connectivity index (χ1v) is 15.0. The minimum Gasteiger partial charge on any atom is -0.351 e. The highest BCUT2D eigenvalue weighted by molar-refractivity contribution is 7.91. The molecule has 4 aromatic rings. The van der Waals surface area contributed by atoms with Crippen molar-refractivity contribution in [2.45, 2.75) is 50.4 Å². The van der Waals surface area contributed by atoms with E-state index < -0.39 is 27.4 Å². The molecule has 2 aromatic carbocycles. The summed E-state index contributed by atoms with van der Waals surface area (Å²) in [4.78, 5) is 24.6. The van der Waals surface area contributed by atoms with Crippen LogP contribution in [0.3, 0.4) is 0 Å². The molecule has 0 amide bonds. The highest BCUT2D eigenvalue weighted by Crippen LogP contribution is 2.25. The van der Waals surface area contributed by atoms with Crippen LogP contribution >= 0.6 is 0 Å². The summed E-state index contributed by atoms with van der Waals surface area (Å²) in [6.07, 6.45) is 7.38. The van der Waals surface area contributed by atoms with Crippen molar-refractivity contribution in [1.29, 1.82) is 0 Å². The number of sulfonamides is 1. The zero-order valence-electron chi connectivity index (χ0n) is 23.1. The fourth-order valence-electron chi connectivity index (χ4n) is 5.19. The van der Waals surface area contributed by atoms with Crippen LogP contribution in [-0.4, -0.2) is 54.0 Å². The first-order valence-electron chi connectivity index (χ1n) is 13.4. The molecule has 0 bridgehead atoms. The van der Waals surface area contributed by atoms with Crippen LogP contribution in [0.4, 0.5) is 20.4 Å². The van der Waals surface area contributed by atoms with Crippen molar-refractivity contribution in [3.05, 3.63) is 88.0 Å². The predicted molar refractivity (Wildman–Crippen MR) is 156 cm³/mol. The van der Waals surface area contributed by atoms with Gasteiger partial charge in [-0.05, 0) is 76.5 Å². The van der Waals surface area contributed by atoms with Gasteiger partial charge in [-0.2, -0.15) is 0 Å². The molecule has 0 spiro atoms. The normalized spacial score (nSPS) is 17.6. The molecule has 2 heterocycles. The Morgan fingerprint density at radius 3 is 2.41 bits per heavy atom. The highest BCUT2D eigenvalue weighted by atomic mass is 32.2. The molecule has 1 aliphatic carbocycles. The number of benzene rings is 2. The molecule has 0 aliphatic heterocycles. The van der Waals surface area contributed by atoms with E-state index in [2.05, 4.69) is 39.0 Å². The zero-order valence-corrected chi connectivity index (χ0v) is 23.9. The summed E-state index contributed by atoms with van der Waals surface area (Å²) in [6, 6.07) is 9.64. The summed E-state index contributed by atoms with van der Waals surface area (Å²) in [5.74, 6) is -1.32. The monoisotopic (exact) mass is 582 g/mol. The summed E-state index contributed by atoms with van der Waals surface area (Å²) in [7, 11) is 0.228. The maximum absolute atomic E-state index is 15.0. The van der Waals surface area contributed by atoms with Gasteiger partial charge in [-0.25, -0.2) is 27.2 Å². The van der Waals surface area contributed by atoms with Crippen LogP contribution in [0.15, 0.2) is 59.7 Å². The average molecular weight is 583 g/mol. The van der Waals surface area contributed by atoms with Crippen molar-refractivity contribution in [3.63, 3.8) is 0 Å². The lowest BCUT2D eigenvalue weighted by molar-refractivity contribution is 0.221. The van der Waals surface area contributed by atoms with Crippen molar-refractivity contribution in [1.82, 2.24) is 19.4 Å². The largest absolute Gasteiger partial charge is 0.351 e. The van der Waals surface area contributed by atoms with Gasteiger partial charge in [0.25, 0.3) is 5.56 Å². The quantitative estimate of drug-likeness (QED) is 0.313. The maximum Gasteiger partial charge on any atom is 0.260 e. The van der Waals surface area contributed by atoms with Crippen LogP contribution in [0.5, 0.6) is 0 Å². The lowest BCUT2D eigenvalue weighted by Crippen LogP contribution is -2.36. The fourth-order valence-corrected chi connectivity index (χ4v) is 6.39. The van der Waals surface area contributed by atoms with Gasteiger partial charge >= 0.3 is 0 Å². The van der Waals surface area contributed by atoms with Crippen molar-refractivity contribution in [2.24, 2.45) is 0 Å². The number of aryl methyl sites for hydroxylation is 1. The predicted octanol–water partition coefficient (Wildman–Crippen LogP) is 4.59. The number of halogens is 2. The Morgan fingerprint density at radius 2 is 1.76 bits per heavy atom. The van der Waals surface area contributed by atoms with Crippen LogP contribution in [0, 0.1) is 18.6 Å². The van der Waals surface area contributed by atoms with Crippen LogP contribution in [-0.2, 0) is 15.8 Å². The van der Waals surface area contributed by atoms with Crippen LogP contribution in [0.1, 0.15) is 36.8 Å². The molecule has 216 valence electrons. The third-order valence-electron chi connectivity index (χ3n) is 7.51. The molecule has 2 aromatic heterocycles. The van der Waals surface area contributed by atoms with Crippen molar-refractivity contribution in [2.75, 3.05) is 24.1 Å². The van der Waals surface area contributed by atoms with Crippen LogP contribution in [0.25, 0.3) is 16.6 Å². The number of rotatable bonds is 8. The van der Waals surface area contributed by atoms with Gasteiger partial charge in [-0.1, -0.05) is 12.1 Å². The molecule has 9 nitrogen and oxygen atoms in total. The Hall–Kier alpha value is -3.90. The Balaban J connectivity index is 1.34. The lowest BCUT2D eigenvalue weighted by atomic mass is 9.91. The summed E-state index contributed by atoms with van der Waals surface area (Å²) < 4.78 is 56.8. The lowest BCUT2D eigenvalue weighted by Gasteiger charge is -2.32. The minimum atomic E-state index is -3.97. The topological polar surface area (TPSA) is 109 Å². The third kappa shape index (κ3) is 6.54. The Labute approximate surface area is 237 Å². The molecule has 2 N–H and O–H groups in total. The molecule has 5 rings (SSSR count). The molecule has 0 radical (unpaired) electrons. The smallest absolute Gasteiger partial charge is 0.260 e. The van der Waals surface area contributed by atoms with E-state index in [1.54, 1.807) is 19.3 Å². The molecule has 0 saturated heterocycles. The molecule has 0 atom stereocenters. The molecule has 1 saturated carbocycles. The zero-order chi connectivity index (χ0) is 29.3. The number of nitrogens with zero attached hydrogens (tertiary/aromatic N) is 4. The van der Waals surface area contributed by atoms with Gasteiger partial charge in [0.2, 0.25) is 16.0 Å². The first kappa shape index (κ1) is 28.6. The standard InChI is InChI=1S/C29H32F2N6O3S/c1-18-27-20(15-32-29(34-27)33-22-8-10-23(11-9-22)36(2)3)16-37(28(18)38)24-12-13-26(25(31)14-24)35-41(39,40)17-19-4-6-21(30)7-5-19/h4-7,12-16,22-23,35H,8-11,17H2,1-3H3,(H,33,34). The van der Waals surface area contributed by atoms with Gasteiger partial charge in [-0.15, -0.1) is 0 Å². The van der Waals surface area contributed by atoms with Crippen molar-refractivity contribution in [3.8, 4) is 5.69 Å². The van der Waals surface area contributed by atoms with Gasteiger partial charge in [0.1, 0.15) is 11.6 Å². The Bertz CT molecular complexity index is 1730. The Morgan fingerprint density at radius 1 is 1.05 bits per heavy atom. The SMILES string of the molecule is Cc1c(=O)n(-c2ccc(NS(=O)(=O)Cc3ccc(F)cc3)c(F)c2)cc2cnc(NC3CCC(N(C)C)CC3)nc12. The van der Waals surface area contributed by atoms with E-state index in [-0.39, 0.29) is 23.0 Å². The summed E-state index contributed by atoms with van der Waals surface area (Å²) in [5, 5.41) is 4.01. The van der Waals surface area contributed by atoms with Gasteiger partial charge < -0.3 is 10.2 Å². The Kier molecular flexibility index (Phi) is 8.05. The molecule has 0 unspecified atom stereocenters. The molecule has 12 heteroatoms. The molecular weight excluding hydrogens is 550 g/mol. The van der Waals surface area contributed by atoms with Crippen molar-refractivity contribution < 1.29 is 17.2 Å². The van der Waals surface area contributed by atoms with Crippen molar-refractivity contribution >= 4 is 32.6 Å². The summed E-state index contributed by atoms with van der Waals surface area (Å²) in [5.41, 5.74) is 0.827. The van der Waals surface area contributed by atoms with Crippen LogP contribution in [0.2, 0.25) is 0 Å². The van der Waals surface area contributed by atoms with Gasteiger partial charge in [0.05, 0.1) is 22.6 Å². The number of fused-ring (bicyclic) bond motifs is 1. The third-order valence-corrected chi connectivity index (χ3v) is 8.75. The number of hydrogen-bond acceptors (Lipinski definition) is 7. The van der Waals surface area contributed by atoms with Gasteiger partial charge in [0.15, 0.2) is 0 Å². The second-order valence-electron chi connectivity index (χ2n) is 10.7. The van der Waals surface area contributed by atoms with E-state index in [1.807, 2.05) is 0 Å². The second kappa shape index (κ2) is 11.5. The van der Waals surface area contributed by atoms with E-state index >= 15 is 4.39 Å². The summed E-state index contributed by atoms with van der Waals surface area (Å²) >= 11 is 0. The first-order chi connectivity index (χ1) is 19.5. The molecule has 1 aliphatic rings. The number of pyridine rings is 1. The fraction of sp³-hybridized carbons (Fsp3) is 0.345.